The van der Waals surface area contributed by atoms with E-state index in [4.69, 9.17) is 28.2 Å². The smallest absolute Gasteiger partial charge is 0.320 e. The summed E-state index contributed by atoms with van der Waals surface area (Å²) >= 11 is 5.76. The molecule has 14 heavy (non-hydrogen) atoms. The molecule has 1 rings (SSSR count). The highest BCUT2D eigenvalue weighted by molar-refractivity contribution is 6.33. The number of hydrogen-bond acceptors (Lipinski definition) is 3. The van der Waals surface area contributed by atoms with Gasteiger partial charge in [-0.25, -0.2) is 0 Å². The van der Waals surface area contributed by atoms with E-state index >= 15 is 0 Å². The normalized spacial score (nSPS) is 12.4. The van der Waals surface area contributed by atoms with Crippen molar-refractivity contribution < 1.29 is 9.90 Å². The standard InChI is InChI=1S/C9H11ClN2O2/c10-6-3-5(1-2-7(6)11)4-8(12)9(13)14/h1-3,8H,4,11-12H2,(H,13,14). The number of anilines is 1. The summed E-state index contributed by atoms with van der Waals surface area (Å²) in [6, 6.07) is 4.06. The molecule has 5 heteroatoms. The summed E-state index contributed by atoms with van der Waals surface area (Å²) in [7, 11) is 0. The molecule has 0 bridgehead atoms. The highest BCUT2D eigenvalue weighted by Gasteiger charge is 2.12. The molecule has 1 aromatic rings. The third kappa shape index (κ3) is 2.61. The predicted octanol–water partition coefficient (Wildman–Crippen LogP) is 0.877. The lowest BCUT2D eigenvalue weighted by Crippen LogP contribution is -2.32. The number of hydrogen-bond donors (Lipinski definition) is 3. The van der Waals surface area contributed by atoms with E-state index in [1.54, 1.807) is 18.2 Å². The number of carboxylic acids is 1. The predicted molar refractivity (Wildman–Crippen MR) is 55.2 cm³/mol. The van der Waals surface area contributed by atoms with Crippen molar-refractivity contribution in [2.75, 3.05) is 5.73 Å². The molecule has 0 heterocycles. The fourth-order valence-corrected chi connectivity index (χ4v) is 1.24. The van der Waals surface area contributed by atoms with Crippen molar-refractivity contribution in [2.24, 2.45) is 5.73 Å². The van der Waals surface area contributed by atoms with Gasteiger partial charge in [0.25, 0.3) is 0 Å². The lowest BCUT2D eigenvalue weighted by atomic mass is 10.1. The molecular formula is C9H11ClN2O2. The second-order valence-electron chi connectivity index (χ2n) is 3.00. The average molecular weight is 215 g/mol. The van der Waals surface area contributed by atoms with Crippen LogP contribution in [0, 0.1) is 0 Å². The molecule has 5 N–H and O–H groups in total. The van der Waals surface area contributed by atoms with Crippen LogP contribution in [0.25, 0.3) is 0 Å². The molecule has 1 aromatic carbocycles. The summed E-state index contributed by atoms with van der Waals surface area (Å²) in [5.74, 6) is -1.03. The van der Waals surface area contributed by atoms with Crippen LogP contribution in [0.3, 0.4) is 0 Å². The van der Waals surface area contributed by atoms with Crippen LogP contribution in [0.2, 0.25) is 5.02 Å². The van der Waals surface area contributed by atoms with Crippen molar-refractivity contribution in [3.63, 3.8) is 0 Å². The topological polar surface area (TPSA) is 89.3 Å². The largest absolute Gasteiger partial charge is 0.480 e. The molecule has 0 spiro atoms. The highest BCUT2D eigenvalue weighted by atomic mass is 35.5. The first kappa shape index (κ1) is 10.8. The molecule has 1 unspecified atom stereocenters. The lowest BCUT2D eigenvalue weighted by molar-refractivity contribution is -0.138. The van der Waals surface area contributed by atoms with Gasteiger partial charge >= 0.3 is 5.97 Å². The fourth-order valence-electron chi connectivity index (χ4n) is 1.04. The van der Waals surface area contributed by atoms with E-state index in [0.717, 1.165) is 5.56 Å². The van der Waals surface area contributed by atoms with E-state index in [2.05, 4.69) is 0 Å². The monoisotopic (exact) mass is 214 g/mol. The van der Waals surface area contributed by atoms with Gasteiger partial charge in [-0.1, -0.05) is 17.7 Å². The third-order valence-electron chi connectivity index (χ3n) is 1.84. The number of benzene rings is 1. The Balaban J connectivity index is 2.78. The number of carbonyl (C=O) groups is 1. The van der Waals surface area contributed by atoms with Gasteiger partial charge in [-0.05, 0) is 24.1 Å². The van der Waals surface area contributed by atoms with Crippen LogP contribution in [0.15, 0.2) is 18.2 Å². The minimum Gasteiger partial charge on any atom is -0.480 e. The lowest BCUT2D eigenvalue weighted by Gasteiger charge is -2.07. The van der Waals surface area contributed by atoms with Gasteiger partial charge in [-0.15, -0.1) is 0 Å². The van der Waals surface area contributed by atoms with Crippen molar-refractivity contribution >= 4 is 23.3 Å². The first-order valence-corrected chi connectivity index (χ1v) is 4.41. The average Bonchev–Trinajstić information content (AvgIpc) is 2.11. The van der Waals surface area contributed by atoms with Crippen molar-refractivity contribution in [3.05, 3.63) is 28.8 Å². The van der Waals surface area contributed by atoms with Crippen LogP contribution in [-0.2, 0) is 11.2 Å². The van der Waals surface area contributed by atoms with Crippen LogP contribution < -0.4 is 11.5 Å². The van der Waals surface area contributed by atoms with E-state index in [1.165, 1.54) is 0 Å². The number of halogens is 1. The van der Waals surface area contributed by atoms with Crippen molar-refractivity contribution in [1.29, 1.82) is 0 Å². The Morgan fingerprint density at radius 2 is 2.21 bits per heavy atom. The SMILES string of the molecule is Nc1ccc(CC(N)C(=O)O)cc1Cl. The Kier molecular flexibility index (Phi) is 3.33. The Bertz CT molecular complexity index is 355. The number of nitrogen functional groups attached to an aromatic ring is 1. The van der Waals surface area contributed by atoms with Gasteiger partial charge in [0.1, 0.15) is 6.04 Å². The van der Waals surface area contributed by atoms with Gasteiger partial charge in [0.2, 0.25) is 0 Å². The molecule has 0 amide bonds. The van der Waals surface area contributed by atoms with E-state index in [0.29, 0.717) is 10.7 Å². The number of carboxylic acid groups (broad SMARTS) is 1. The van der Waals surface area contributed by atoms with Crippen LogP contribution in [0.5, 0.6) is 0 Å². The van der Waals surface area contributed by atoms with Crippen molar-refractivity contribution in [3.8, 4) is 0 Å². The molecule has 0 saturated carbocycles. The summed E-state index contributed by atoms with van der Waals surface area (Å²) in [5.41, 5.74) is 12.1. The summed E-state index contributed by atoms with van der Waals surface area (Å²) in [6.07, 6.45) is 0.245. The van der Waals surface area contributed by atoms with E-state index in [1.807, 2.05) is 0 Å². The van der Waals surface area contributed by atoms with Gasteiger partial charge in [0.15, 0.2) is 0 Å². The summed E-state index contributed by atoms with van der Waals surface area (Å²) < 4.78 is 0. The fraction of sp³-hybridized carbons (Fsp3) is 0.222. The maximum atomic E-state index is 10.5. The van der Waals surface area contributed by atoms with E-state index in [9.17, 15) is 4.79 Å². The Labute approximate surface area is 86.5 Å². The van der Waals surface area contributed by atoms with Gasteiger partial charge in [-0.3, -0.25) is 4.79 Å². The van der Waals surface area contributed by atoms with Crippen LogP contribution in [0.1, 0.15) is 5.56 Å². The third-order valence-corrected chi connectivity index (χ3v) is 2.17. The van der Waals surface area contributed by atoms with Crippen LogP contribution in [0.4, 0.5) is 5.69 Å². The first-order valence-electron chi connectivity index (χ1n) is 4.03. The maximum Gasteiger partial charge on any atom is 0.320 e. The molecule has 0 radical (unpaired) electrons. The van der Waals surface area contributed by atoms with Crippen molar-refractivity contribution in [2.45, 2.75) is 12.5 Å². The van der Waals surface area contributed by atoms with Gasteiger partial charge in [-0.2, -0.15) is 0 Å². The molecule has 0 aliphatic carbocycles. The molecule has 0 fully saturated rings. The molecule has 1 atom stereocenters. The van der Waals surface area contributed by atoms with Crippen LogP contribution >= 0.6 is 11.6 Å². The summed E-state index contributed by atoms with van der Waals surface area (Å²) in [5, 5.41) is 9.00. The zero-order valence-corrected chi connectivity index (χ0v) is 8.16. The minimum atomic E-state index is -1.03. The van der Waals surface area contributed by atoms with Gasteiger partial charge in [0.05, 0.1) is 10.7 Å². The van der Waals surface area contributed by atoms with Gasteiger partial charge in [0, 0.05) is 0 Å². The number of aliphatic carboxylic acids is 1. The van der Waals surface area contributed by atoms with Gasteiger partial charge < -0.3 is 16.6 Å². The second-order valence-corrected chi connectivity index (χ2v) is 3.41. The molecule has 4 nitrogen and oxygen atoms in total. The molecule has 0 aliphatic rings. The summed E-state index contributed by atoms with van der Waals surface area (Å²) in [6.45, 7) is 0. The Hall–Kier alpha value is -1.26. The zero-order chi connectivity index (χ0) is 10.7. The Morgan fingerprint density at radius 3 is 2.71 bits per heavy atom. The summed E-state index contributed by atoms with van der Waals surface area (Å²) in [4.78, 5) is 10.5. The maximum absolute atomic E-state index is 10.5. The van der Waals surface area contributed by atoms with Crippen molar-refractivity contribution in [1.82, 2.24) is 0 Å². The minimum absolute atomic E-state index is 0.245. The molecule has 0 saturated heterocycles. The zero-order valence-electron chi connectivity index (χ0n) is 7.40. The second kappa shape index (κ2) is 4.30. The number of rotatable bonds is 3. The van der Waals surface area contributed by atoms with E-state index in [-0.39, 0.29) is 6.42 Å². The number of nitrogens with two attached hydrogens (primary N) is 2. The molecular weight excluding hydrogens is 204 g/mol. The molecule has 0 aromatic heterocycles. The van der Waals surface area contributed by atoms with E-state index < -0.39 is 12.0 Å². The molecule has 76 valence electrons. The first-order chi connectivity index (χ1) is 6.50. The highest BCUT2D eigenvalue weighted by Crippen LogP contribution is 2.20. The van der Waals surface area contributed by atoms with Crippen LogP contribution in [-0.4, -0.2) is 17.1 Å². The Morgan fingerprint density at radius 1 is 1.57 bits per heavy atom. The quantitative estimate of drug-likeness (QED) is 0.652. The molecule has 0 aliphatic heterocycles.